The van der Waals surface area contributed by atoms with E-state index < -0.39 is 0 Å². The average molecular weight is 362 g/mol. The Hall–Kier alpha value is -2.66. The van der Waals surface area contributed by atoms with Gasteiger partial charge in [-0.3, -0.25) is 4.79 Å². The zero-order valence-corrected chi connectivity index (χ0v) is 15.3. The van der Waals surface area contributed by atoms with Crippen LogP contribution in [0.1, 0.15) is 11.1 Å². The van der Waals surface area contributed by atoms with Gasteiger partial charge in [-0.2, -0.15) is 0 Å². The van der Waals surface area contributed by atoms with Crippen LogP contribution in [0, 0.1) is 6.92 Å². The zero-order valence-electron chi connectivity index (χ0n) is 14.6. The molecule has 0 unspecified atom stereocenters. The van der Waals surface area contributed by atoms with Crippen LogP contribution >= 0.6 is 11.6 Å². The number of rotatable bonds is 6. The first-order valence-electron chi connectivity index (χ1n) is 7.54. The first kappa shape index (κ1) is 18.7. The summed E-state index contributed by atoms with van der Waals surface area (Å²) < 4.78 is 15.9. The SMILES string of the molecule is COc1cc(OC)c(OC)cc1/C=C/C(=O)Nc1cccc(Cl)c1C. The molecular weight excluding hydrogens is 342 g/mol. The van der Waals surface area contributed by atoms with Crippen LogP contribution in [0.15, 0.2) is 36.4 Å². The molecule has 5 nitrogen and oxygen atoms in total. The molecule has 2 aromatic carbocycles. The number of halogens is 1. The number of amides is 1. The van der Waals surface area contributed by atoms with Gasteiger partial charge in [0, 0.05) is 28.4 Å². The number of benzene rings is 2. The minimum atomic E-state index is -0.276. The third-order valence-corrected chi connectivity index (χ3v) is 4.09. The topological polar surface area (TPSA) is 56.8 Å². The molecule has 2 aromatic rings. The van der Waals surface area contributed by atoms with Crippen LogP contribution in [0.4, 0.5) is 5.69 Å². The van der Waals surface area contributed by atoms with Crippen molar-refractivity contribution in [3.8, 4) is 17.2 Å². The Bertz CT molecular complexity index is 802. The van der Waals surface area contributed by atoms with Crippen molar-refractivity contribution in [1.29, 1.82) is 0 Å². The van der Waals surface area contributed by atoms with Crippen molar-refractivity contribution in [2.75, 3.05) is 26.6 Å². The molecule has 0 saturated carbocycles. The number of methoxy groups -OCH3 is 3. The van der Waals surface area contributed by atoms with Gasteiger partial charge in [0.15, 0.2) is 11.5 Å². The van der Waals surface area contributed by atoms with Gasteiger partial charge in [0.25, 0.3) is 0 Å². The molecule has 0 aliphatic heterocycles. The highest BCUT2D eigenvalue weighted by molar-refractivity contribution is 6.31. The number of hydrogen-bond acceptors (Lipinski definition) is 4. The van der Waals surface area contributed by atoms with Gasteiger partial charge >= 0.3 is 0 Å². The van der Waals surface area contributed by atoms with Crippen molar-refractivity contribution < 1.29 is 19.0 Å². The van der Waals surface area contributed by atoms with E-state index in [1.165, 1.54) is 6.08 Å². The number of carbonyl (C=O) groups is 1. The monoisotopic (exact) mass is 361 g/mol. The zero-order chi connectivity index (χ0) is 18.4. The molecule has 0 aliphatic carbocycles. The fourth-order valence-corrected chi connectivity index (χ4v) is 2.44. The number of hydrogen-bond donors (Lipinski definition) is 1. The molecule has 25 heavy (non-hydrogen) atoms. The first-order valence-corrected chi connectivity index (χ1v) is 7.92. The second-order valence-corrected chi connectivity index (χ2v) is 5.59. The molecule has 6 heteroatoms. The molecular formula is C19H20ClNO4. The van der Waals surface area contributed by atoms with E-state index in [1.807, 2.05) is 6.92 Å². The van der Waals surface area contributed by atoms with Crippen LogP contribution in [-0.2, 0) is 4.79 Å². The Kier molecular flexibility index (Phi) is 6.31. The Morgan fingerprint density at radius 3 is 2.32 bits per heavy atom. The number of carbonyl (C=O) groups excluding carboxylic acids is 1. The van der Waals surface area contributed by atoms with E-state index in [2.05, 4.69) is 5.32 Å². The summed E-state index contributed by atoms with van der Waals surface area (Å²) in [6.45, 7) is 1.85. The van der Waals surface area contributed by atoms with Gasteiger partial charge in [-0.05, 0) is 36.8 Å². The lowest BCUT2D eigenvalue weighted by molar-refractivity contribution is -0.111. The van der Waals surface area contributed by atoms with Crippen LogP contribution in [0.25, 0.3) is 6.08 Å². The summed E-state index contributed by atoms with van der Waals surface area (Å²) in [7, 11) is 4.65. The van der Waals surface area contributed by atoms with E-state index in [0.29, 0.717) is 33.5 Å². The smallest absolute Gasteiger partial charge is 0.248 e. The molecule has 0 bridgehead atoms. The van der Waals surface area contributed by atoms with Gasteiger partial charge in [-0.1, -0.05) is 17.7 Å². The lowest BCUT2D eigenvalue weighted by Crippen LogP contribution is -2.09. The highest BCUT2D eigenvalue weighted by Gasteiger charge is 2.10. The second-order valence-electron chi connectivity index (χ2n) is 5.18. The third-order valence-electron chi connectivity index (χ3n) is 3.68. The van der Waals surface area contributed by atoms with Gasteiger partial charge in [0.05, 0.1) is 21.3 Å². The summed E-state index contributed by atoms with van der Waals surface area (Å²) in [5.41, 5.74) is 2.18. The first-order chi connectivity index (χ1) is 12.0. The predicted octanol–water partition coefficient (Wildman–Crippen LogP) is 4.33. The molecule has 0 atom stereocenters. The molecule has 0 saturated heterocycles. The van der Waals surface area contributed by atoms with Crippen molar-refractivity contribution in [1.82, 2.24) is 0 Å². The van der Waals surface area contributed by atoms with Crippen molar-refractivity contribution in [3.63, 3.8) is 0 Å². The van der Waals surface area contributed by atoms with Crippen LogP contribution in [0.5, 0.6) is 17.2 Å². The molecule has 2 rings (SSSR count). The van der Waals surface area contributed by atoms with Crippen molar-refractivity contribution in [2.45, 2.75) is 6.92 Å². The Morgan fingerprint density at radius 2 is 1.68 bits per heavy atom. The molecule has 0 fully saturated rings. The van der Waals surface area contributed by atoms with Crippen molar-refractivity contribution >= 4 is 29.3 Å². The second kappa shape index (κ2) is 8.44. The number of nitrogens with one attached hydrogen (secondary N) is 1. The minimum absolute atomic E-state index is 0.276. The maximum absolute atomic E-state index is 12.2. The normalized spacial score (nSPS) is 10.6. The standard InChI is InChI=1S/C19H20ClNO4/c1-12-14(20)6-5-7-15(12)21-19(22)9-8-13-10-17(24-3)18(25-4)11-16(13)23-2/h5-11H,1-4H3,(H,21,22)/b9-8+. The summed E-state index contributed by atoms with van der Waals surface area (Å²) in [5.74, 6) is 1.40. The molecule has 0 aromatic heterocycles. The van der Waals surface area contributed by atoms with E-state index in [4.69, 9.17) is 25.8 Å². The van der Waals surface area contributed by atoms with Crippen LogP contribution in [0.3, 0.4) is 0 Å². The Balaban J connectivity index is 2.23. The summed E-state index contributed by atoms with van der Waals surface area (Å²) in [6.07, 6.45) is 3.07. The van der Waals surface area contributed by atoms with E-state index in [0.717, 1.165) is 5.56 Å². The van der Waals surface area contributed by atoms with Crippen LogP contribution in [0.2, 0.25) is 5.02 Å². The number of ether oxygens (including phenoxy) is 3. The van der Waals surface area contributed by atoms with Crippen LogP contribution in [-0.4, -0.2) is 27.2 Å². The van der Waals surface area contributed by atoms with Gasteiger partial charge in [-0.25, -0.2) is 0 Å². The minimum Gasteiger partial charge on any atom is -0.496 e. The van der Waals surface area contributed by atoms with Crippen LogP contribution < -0.4 is 19.5 Å². The van der Waals surface area contributed by atoms with Gasteiger partial charge in [-0.15, -0.1) is 0 Å². The Morgan fingerprint density at radius 1 is 1.04 bits per heavy atom. The number of anilines is 1. The molecule has 0 heterocycles. The largest absolute Gasteiger partial charge is 0.496 e. The van der Waals surface area contributed by atoms with E-state index in [9.17, 15) is 4.79 Å². The molecule has 0 aliphatic rings. The summed E-state index contributed by atoms with van der Waals surface area (Å²) in [6, 6.07) is 8.80. The molecule has 0 spiro atoms. The van der Waals surface area contributed by atoms with E-state index in [-0.39, 0.29) is 5.91 Å². The summed E-state index contributed by atoms with van der Waals surface area (Å²) in [4.78, 5) is 12.2. The lowest BCUT2D eigenvalue weighted by Gasteiger charge is -2.12. The Labute approximate surface area is 152 Å². The van der Waals surface area contributed by atoms with Gasteiger partial charge in [0.1, 0.15) is 5.75 Å². The highest BCUT2D eigenvalue weighted by Crippen LogP contribution is 2.35. The van der Waals surface area contributed by atoms with Crippen molar-refractivity contribution in [3.05, 3.63) is 52.6 Å². The summed E-state index contributed by atoms with van der Waals surface area (Å²) >= 11 is 6.06. The fraction of sp³-hybridized carbons (Fsp3) is 0.211. The maximum atomic E-state index is 12.2. The highest BCUT2D eigenvalue weighted by atomic mass is 35.5. The molecule has 132 valence electrons. The quantitative estimate of drug-likeness (QED) is 0.778. The lowest BCUT2D eigenvalue weighted by atomic mass is 10.1. The van der Waals surface area contributed by atoms with Gasteiger partial charge in [0.2, 0.25) is 5.91 Å². The predicted molar refractivity (Wildman–Crippen MR) is 100.0 cm³/mol. The molecule has 0 radical (unpaired) electrons. The van der Waals surface area contributed by atoms with E-state index >= 15 is 0 Å². The fourth-order valence-electron chi connectivity index (χ4n) is 2.27. The van der Waals surface area contributed by atoms with Gasteiger partial charge < -0.3 is 19.5 Å². The molecule has 1 amide bonds. The molecule has 1 N–H and O–H groups in total. The van der Waals surface area contributed by atoms with E-state index in [1.54, 1.807) is 57.7 Å². The maximum Gasteiger partial charge on any atom is 0.248 e. The third kappa shape index (κ3) is 4.45. The van der Waals surface area contributed by atoms with Crippen molar-refractivity contribution in [2.24, 2.45) is 0 Å². The average Bonchev–Trinajstić information content (AvgIpc) is 2.62. The summed E-state index contributed by atoms with van der Waals surface area (Å²) in [5, 5.41) is 3.40.